The van der Waals surface area contributed by atoms with Gasteiger partial charge in [0, 0.05) is 5.92 Å². The number of hydrogen-bond acceptors (Lipinski definition) is 5. The van der Waals surface area contributed by atoms with E-state index in [4.69, 9.17) is 13.8 Å². The van der Waals surface area contributed by atoms with E-state index in [0.717, 1.165) is 6.42 Å². The lowest BCUT2D eigenvalue weighted by Crippen LogP contribution is -2.45. The molecule has 0 aromatic carbocycles. The molecule has 0 amide bonds. The van der Waals surface area contributed by atoms with Gasteiger partial charge in [-0.15, -0.1) is 0 Å². The van der Waals surface area contributed by atoms with Gasteiger partial charge >= 0.3 is 13.6 Å². The molecule has 20 heavy (non-hydrogen) atoms. The third-order valence-electron chi connectivity index (χ3n) is 4.07. The van der Waals surface area contributed by atoms with Gasteiger partial charge in [-0.2, -0.15) is 0 Å². The van der Waals surface area contributed by atoms with Crippen molar-refractivity contribution in [1.29, 1.82) is 0 Å². The Kier molecular flexibility index (Phi) is 4.73. The van der Waals surface area contributed by atoms with Gasteiger partial charge in [0.2, 0.25) is 0 Å². The van der Waals surface area contributed by atoms with Crippen LogP contribution in [0.15, 0.2) is 12.2 Å². The van der Waals surface area contributed by atoms with Crippen molar-refractivity contribution < 1.29 is 23.1 Å². The van der Waals surface area contributed by atoms with Gasteiger partial charge in [-0.25, -0.2) is 0 Å². The number of allylic oxidation sites excluding steroid dienone is 2. The van der Waals surface area contributed by atoms with Crippen LogP contribution in [-0.4, -0.2) is 30.9 Å². The van der Waals surface area contributed by atoms with E-state index in [0.29, 0.717) is 6.42 Å². The highest BCUT2D eigenvalue weighted by Crippen LogP contribution is 2.71. The number of hydrogen-bond donors (Lipinski definition) is 0. The average molecular weight is 302 g/mol. The molecule has 5 nitrogen and oxygen atoms in total. The van der Waals surface area contributed by atoms with E-state index in [1.54, 1.807) is 20.8 Å². The molecular weight excluding hydrogens is 279 g/mol. The minimum atomic E-state index is -3.55. The summed E-state index contributed by atoms with van der Waals surface area (Å²) in [7, 11) is -3.55. The lowest BCUT2D eigenvalue weighted by molar-refractivity contribution is -0.148. The molecule has 2 rings (SSSR count). The van der Waals surface area contributed by atoms with Crippen LogP contribution in [-0.2, 0) is 23.1 Å². The maximum absolute atomic E-state index is 13.3. The molecule has 0 heterocycles. The van der Waals surface area contributed by atoms with Gasteiger partial charge in [0.25, 0.3) is 0 Å². The Hall–Kier alpha value is -0.640. The van der Waals surface area contributed by atoms with Crippen LogP contribution in [0.2, 0.25) is 0 Å². The fourth-order valence-corrected chi connectivity index (χ4v) is 5.92. The molecule has 0 saturated heterocycles. The van der Waals surface area contributed by atoms with Gasteiger partial charge in [0.05, 0.1) is 19.8 Å². The highest BCUT2D eigenvalue weighted by atomic mass is 31.2. The lowest BCUT2D eigenvalue weighted by atomic mass is 9.92. The van der Waals surface area contributed by atoms with Gasteiger partial charge in [0.15, 0.2) is 5.16 Å². The lowest BCUT2D eigenvalue weighted by Gasteiger charge is -2.37. The SMILES string of the molecule is CCOC(=O)[C@]1(P(=O)(OCC)OCC)C[C@H]2C=C[C@@H]1C2. The zero-order chi connectivity index (χ0) is 14.8. The Morgan fingerprint density at radius 2 is 1.85 bits per heavy atom. The van der Waals surface area contributed by atoms with Gasteiger partial charge < -0.3 is 13.8 Å². The molecule has 1 fully saturated rings. The fraction of sp³-hybridized carbons (Fsp3) is 0.786. The fourth-order valence-electron chi connectivity index (χ4n) is 3.36. The predicted octanol–water partition coefficient (Wildman–Crippen LogP) is 3.15. The Bertz CT molecular complexity index is 437. The molecular formula is C14H23O5P. The van der Waals surface area contributed by atoms with Gasteiger partial charge in [-0.1, -0.05) is 12.2 Å². The maximum atomic E-state index is 13.3. The van der Waals surface area contributed by atoms with Gasteiger partial charge in [0.1, 0.15) is 0 Å². The first-order valence-corrected chi connectivity index (χ1v) is 8.83. The summed E-state index contributed by atoms with van der Waals surface area (Å²) in [6.07, 6.45) is 5.37. The minimum Gasteiger partial charge on any atom is -0.465 e. The van der Waals surface area contributed by atoms with Crippen molar-refractivity contribution in [2.75, 3.05) is 19.8 Å². The van der Waals surface area contributed by atoms with Crippen LogP contribution in [0.4, 0.5) is 0 Å². The number of esters is 1. The number of rotatable bonds is 7. The zero-order valence-electron chi connectivity index (χ0n) is 12.3. The smallest absolute Gasteiger partial charge is 0.348 e. The van der Waals surface area contributed by atoms with Crippen LogP contribution in [0, 0.1) is 11.8 Å². The second-order valence-corrected chi connectivity index (χ2v) is 7.48. The third kappa shape index (κ3) is 2.26. The van der Waals surface area contributed by atoms with Crippen LogP contribution in [0.3, 0.4) is 0 Å². The zero-order valence-corrected chi connectivity index (χ0v) is 13.2. The molecule has 2 bridgehead atoms. The van der Waals surface area contributed by atoms with E-state index >= 15 is 0 Å². The second kappa shape index (κ2) is 6.00. The van der Waals surface area contributed by atoms with E-state index in [1.165, 1.54) is 0 Å². The number of carbonyl (C=O) groups is 1. The second-order valence-electron chi connectivity index (χ2n) is 5.17. The summed E-state index contributed by atoms with van der Waals surface area (Å²) in [5.74, 6) is -0.295. The van der Waals surface area contributed by atoms with Crippen molar-refractivity contribution in [2.45, 2.75) is 38.8 Å². The van der Waals surface area contributed by atoms with E-state index in [9.17, 15) is 9.36 Å². The first-order valence-electron chi connectivity index (χ1n) is 7.28. The first kappa shape index (κ1) is 15.7. The third-order valence-corrected chi connectivity index (χ3v) is 6.95. The van der Waals surface area contributed by atoms with E-state index in [-0.39, 0.29) is 31.7 Å². The molecule has 114 valence electrons. The Balaban J connectivity index is 2.43. The molecule has 0 aromatic heterocycles. The maximum Gasteiger partial charge on any atom is 0.348 e. The topological polar surface area (TPSA) is 61.8 Å². The molecule has 0 aromatic rings. The van der Waals surface area contributed by atoms with Crippen molar-refractivity contribution in [1.82, 2.24) is 0 Å². The summed E-state index contributed by atoms with van der Waals surface area (Å²) in [4.78, 5) is 12.6. The molecule has 0 radical (unpaired) electrons. The molecule has 0 unspecified atom stereocenters. The summed E-state index contributed by atoms with van der Waals surface area (Å²) in [5.41, 5.74) is 0. The first-order chi connectivity index (χ1) is 9.54. The molecule has 2 aliphatic rings. The van der Waals surface area contributed by atoms with Crippen molar-refractivity contribution in [3.8, 4) is 0 Å². The molecule has 0 N–H and O–H groups in total. The van der Waals surface area contributed by atoms with Gasteiger partial charge in [-0.3, -0.25) is 9.36 Å². The van der Waals surface area contributed by atoms with Crippen molar-refractivity contribution in [3.05, 3.63) is 12.2 Å². The largest absolute Gasteiger partial charge is 0.465 e. The van der Waals surface area contributed by atoms with E-state index < -0.39 is 18.7 Å². The summed E-state index contributed by atoms with van der Waals surface area (Å²) in [6, 6.07) is 0. The van der Waals surface area contributed by atoms with E-state index in [2.05, 4.69) is 6.08 Å². The molecule has 0 aliphatic heterocycles. The number of fused-ring (bicyclic) bond motifs is 2. The van der Waals surface area contributed by atoms with Crippen LogP contribution < -0.4 is 0 Å². The summed E-state index contributed by atoms with van der Waals surface area (Å²) < 4.78 is 29.4. The Morgan fingerprint density at radius 1 is 1.20 bits per heavy atom. The molecule has 2 aliphatic carbocycles. The summed E-state index contributed by atoms with van der Waals surface area (Å²) >= 11 is 0. The summed E-state index contributed by atoms with van der Waals surface area (Å²) in [5, 5.41) is -1.16. The van der Waals surface area contributed by atoms with Gasteiger partial charge in [-0.05, 0) is 39.5 Å². The molecule has 3 atom stereocenters. The average Bonchev–Trinajstić information content (AvgIpc) is 3.00. The van der Waals surface area contributed by atoms with Crippen molar-refractivity contribution in [2.24, 2.45) is 11.8 Å². The van der Waals surface area contributed by atoms with Crippen molar-refractivity contribution in [3.63, 3.8) is 0 Å². The van der Waals surface area contributed by atoms with Crippen LogP contribution in [0.25, 0.3) is 0 Å². The molecule has 1 saturated carbocycles. The highest BCUT2D eigenvalue weighted by Gasteiger charge is 2.67. The van der Waals surface area contributed by atoms with Crippen LogP contribution >= 0.6 is 7.60 Å². The van der Waals surface area contributed by atoms with Crippen LogP contribution in [0.5, 0.6) is 0 Å². The quantitative estimate of drug-likeness (QED) is 0.411. The normalized spacial score (nSPS) is 31.8. The predicted molar refractivity (Wildman–Crippen MR) is 75.6 cm³/mol. The summed E-state index contributed by atoms with van der Waals surface area (Å²) in [6.45, 7) is 6.03. The molecule has 6 heteroatoms. The number of ether oxygens (including phenoxy) is 1. The monoisotopic (exact) mass is 302 g/mol. The number of carbonyl (C=O) groups excluding carboxylic acids is 1. The Morgan fingerprint density at radius 3 is 2.25 bits per heavy atom. The van der Waals surface area contributed by atoms with Crippen LogP contribution in [0.1, 0.15) is 33.6 Å². The highest BCUT2D eigenvalue weighted by molar-refractivity contribution is 7.56. The van der Waals surface area contributed by atoms with E-state index in [1.807, 2.05) is 6.08 Å². The Labute approximate surface area is 120 Å². The standard InChI is InChI=1S/C14H23O5P/c1-4-17-13(15)14(10-11-7-8-12(14)9-11)20(16,18-5-2)19-6-3/h7-8,11-12H,4-6,9-10H2,1-3H3/t11-,12+,14-/m0/s1. The minimum absolute atomic E-state index is 0.115. The van der Waals surface area contributed by atoms with Crippen molar-refractivity contribution >= 4 is 13.6 Å². The molecule has 0 spiro atoms.